The highest BCUT2D eigenvalue weighted by Gasteiger charge is 2.43. The lowest BCUT2D eigenvalue weighted by atomic mass is 9.69. The molecule has 4 nitrogen and oxygen atoms in total. The van der Waals surface area contributed by atoms with Crippen LogP contribution >= 0.6 is 0 Å². The van der Waals surface area contributed by atoms with Crippen LogP contribution in [0.25, 0.3) is 0 Å². The van der Waals surface area contributed by atoms with Crippen LogP contribution in [0.2, 0.25) is 0 Å². The maximum absolute atomic E-state index is 11.6. The second-order valence-electron chi connectivity index (χ2n) is 3.97. The molecule has 0 saturated carbocycles. The van der Waals surface area contributed by atoms with E-state index in [0.717, 1.165) is 0 Å². The molecule has 15 heavy (non-hydrogen) atoms. The van der Waals surface area contributed by atoms with Gasteiger partial charge in [-0.05, 0) is 12.5 Å². The highest BCUT2D eigenvalue weighted by atomic mass is 16.4. The lowest BCUT2D eigenvalue weighted by Crippen LogP contribution is -2.42. The van der Waals surface area contributed by atoms with Crippen molar-refractivity contribution < 1.29 is 19.8 Å². The first-order chi connectivity index (χ1) is 7.11. The maximum atomic E-state index is 11.6. The van der Waals surface area contributed by atoms with Crippen molar-refractivity contribution in [3.05, 3.63) is 24.3 Å². The second-order valence-corrected chi connectivity index (χ2v) is 3.97. The summed E-state index contributed by atoms with van der Waals surface area (Å²) in [6.45, 7) is 0. The van der Waals surface area contributed by atoms with E-state index in [1.54, 1.807) is 12.2 Å². The molecule has 0 aromatic heterocycles. The van der Waals surface area contributed by atoms with Gasteiger partial charge in [0.25, 0.3) is 0 Å². The second kappa shape index (κ2) is 3.62. The summed E-state index contributed by atoms with van der Waals surface area (Å²) in [5, 5.41) is 18.6. The fourth-order valence-electron chi connectivity index (χ4n) is 2.34. The van der Waals surface area contributed by atoms with Crippen molar-refractivity contribution in [2.75, 3.05) is 0 Å². The molecule has 0 heterocycles. The van der Waals surface area contributed by atoms with E-state index in [4.69, 9.17) is 5.11 Å². The molecule has 2 rings (SSSR count). The number of carboxylic acid groups (broad SMARTS) is 1. The van der Waals surface area contributed by atoms with Gasteiger partial charge in [-0.3, -0.25) is 9.59 Å². The molecule has 0 fully saturated rings. The van der Waals surface area contributed by atoms with Gasteiger partial charge in [0.2, 0.25) is 0 Å². The van der Waals surface area contributed by atoms with E-state index in [2.05, 4.69) is 0 Å². The summed E-state index contributed by atoms with van der Waals surface area (Å²) in [5.41, 5.74) is 0. The highest BCUT2D eigenvalue weighted by molar-refractivity contribution is 5.96. The van der Waals surface area contributed by atoms with E-state index in [0.29, 0.717) is 6.42 Å². The number of hydrogen-bond acceptors (Lipinski definition) is 3. The topological polar surface area (TPSA) is 74.6 Å². The first kappa shape index (κ1) is 10.1. The molecule has 2 aliphatic carbocycles. The minimum atomic E-state index is -1.00. The molecule has 0 amide bonds. The van der Waals surface area contributed by atoms with Crippen LogP contribution in [0.3, 0.4) is 0 Å². The van der Waals surface area contributed by atoms with E-state index in [1.807, 2.05) is 0 Å². The van der Waals surface area contributed by atoms with Gasteiger partial charge >= 0.3 is 5.97 Å². The minimum absolute atomic E-state index is 0.193. The number of ketones is 1. The third kappa shape index (κ3) is 1.61. The summed E-state index contributed by atoms with van der Waals surface area (Å²) in [6.07, 6.45) is 5.87. The van der Waals surface area contributed by atoms with Crippen LogP contribution < -0.4 is 0 Å². The van der Waals surface area contributed by atoms with Crippen molar-refractivity contribution in [1.82, 2.24) is 0 Å². The van der Waals surface area contributed by atoms with Crippen LogP contribution in [-0.2, 0) is 9.59 Å². The Morgan fingerprint density at radius 3 is 2.80 bits per heavy atom. The van der Waals surface area contributed by atoms with Crippen molar-refractivity contribution in [3.8, 4) is 0 Å². The van der Waals surface area contributed by atoms with Crippen molar-refractivity contribution in [2.24, 2.45) is 17.8 Å². The zero-order valence-corrected chi connectivity index (χ0v) is 8.04. The summed E-state index contributed by atoms with van der Waals surface area (Å²) < 4.78 is 0. The van der Waals surface area contributed by atoms with Gasteiger partial charge in [0.1, 0.15) is 0 Å². The van der Waals surface area contributed by atoms with Crippen LogP contribution in [0.5, 0.6) is 0 Å². The van der Waals surface area contributed by atoms with Gasteiger partial charge in [-0.25, -0.2) is 0 Å². The first-order valence-corrected chi connectivity index (χ1v) is 4.91. The zero-order chi connectivity index (χ0) is 11.0. The average molecular weight is 208 g/mol. The largest absolute Gasteiger partial charge is 0.481 e. The van der Waals surface area contributed by atoms with Crippen LogP contribution in [0, 0.1) is 17.8 Å². The Labute approximate surface area is 86.9 Å². The fraction of sp³-hybridized carbons (Fsp3) is 0.455. The number of rotatable bonds is 1. The third-order valence-corrected chi connectivity index (χ3v) is 3.11. The van der Waals surface area contributed by atoms with E-state index in [1.165, 1.54) is 12.2 Å². The van der Waals surface area contributed by atoms with Crippen LogP contribution in [-0.4, -0.2) is 28.1 Å². The van der Waals surface area contributed by atoms with Gasteiger partial charge in [-0.1, -0.05) is 18.2 Å². The SMILES string of the molecule is O=C1C=C[C@H](O)[C@H]2CC=C[C@@H](C(=O)O)[C@H]12. The molecule has 0 spiro atoms. The summed E-state index contributed by atoms with van der Waals surface area (Å²) >= 11 is 0. The van der Waals surface area contributed by atoms with E-state index in [9.17, 15) is 14.7 Å². The van der Waals surface area contributed by atoms with Gasteiger partial charge in [-0.2, -0.15) is 0 Å². The van der Waals surface area contributed by atoms with Crippen LogP contribution in [0.15, 0.2) is 24.3 Å². The number of aliphatic hydroxyl groups excluding tert-OH is 1. The van der Waals surface area contributed by atoms with E-state index < -0.39 is 23.9 Å². The Bertz CT molecular complexity index is 356. The van der Waals surface area contributed by atoms with Crippen molar-refractivity contribution >= 4 is 11.8 Å². The van der Waals surface area contributed by atoms with E-state index >= 15 is 0 Å². The molecule has 0 unspecified atom stereocenters. The first-order valence-electron chi connectivity index (χ1n) is 4.91. The van der Waals surface area contributed by atoms with Gasteiger partial charge in [-0.15, -0.1) is 0 Å². The Hall–Kier alpha value is -1.42. The summed E-state index contributed by atoms with van der Waals surface area (Å²) in [4.78, 5) is 22.5. The Morgan fingerprint density at radius 1 is 1.40 bits per heavy atom. The Kier molecular flexibility index (Phi) is 2.44. The molecule has 0 bridgehead atoms. The zero-order valence-electron chi connectivity index (χ0n) is 8.04. The standard InChI is InChI=1S/C11H12O4/c12-8-4-5-9(13)10-6(8)2-1-3-7(10)11(14)15/h1,3-8,10,12H,2H2,(H,14,15)/t6-,7-,8+,10-/m1/s1. The molecule has 4 heteroatoms. The molecule has 0 aliphatic heterocycles. The number of fused-ring (bicyclic) bond motifs is 1. The minimum Gasteiger partial charge on any atom is -0.481 e. The number of carbonyl (C=O) groups is 2. The number of carboxylic acids is 1. The van der Waals surface area contributed by atoms with Crippen molar-refractivity contribution in [3.63, 3.8) is 0 Å². The molecule has 0 aromatic rings. The predicted octanol–water partition coefficient (Wildman–Crippen LogP) is 0.379. The van der Waals surface area contributed by atoms with Crippen molar-refractivity contribution in [1.29, 1.82) is 0 Å². The van der Waals surface area contributed by atoms with Crippen LogP contribution in [0.4, 0.5) is 0 Å². The molecule has 0 aromatic carbocycles. The summed E-state index contributed by atoms with van der Waals surface area (Å²) in [5.74, 6) is -2.88. The fourth-order valence-corrected chi connectivity index (χ4v) is 2.34. The molecule has 0 saturated heterocycles. The monoisotopic (exact) mass is 208 g/mol. The summed E-state index contributed by atoms with van der Waals surface area (Å²) in [6, 6.07) is 0. The molecule has 4 atom stereocenters. The van der Waals surface area contributed by atoms with Gasteiger partial charge in [0.05, 0.1) is 12.0 Å². The normalized spacial score (nSPS) is 38.9. The Balaban J connectivity index is 2.36. The quantitative estimate of drug-likeness (QED) is 0.611. The average Bonchev–Trinajstić information content (AvgIpc) is 2.23. The third-order valence-electron chi connectivity index (χ3n) is 3.11. The molecule has 80 valence electrons. The van der Waals surface area contributed by atoms with Crippen LogP contribution in [0.1, 0.15) is 6.42 Å². The van der Waals surface area contributed by atoms with Gasteiger partial charge in [0, 0.05) is 11.8 Å². The predicted molar refractivity (Wildman–Crippen MR) is 52.0 cm³/mol. The lowest BCUT2D eigenvalue weighted by Gasteiger charge is -2.35. The number of aliphatic hydroxyl groups is 1. The molecule has 2 aliphatic rings. The number of aliphatic carboxylic acids is 1. The molecular formula is C11H12O4. The van der Waals surface area contributed by atoms with Crippen molar-refractivity contribution in [2.45, 2.75) is 12.5 Å². The Morgan fingerprint density at radius 2 is 2.13 bits per heavy atom. The summed E-state index contributed by atoms with van der Waals surface area (Å²) in [7, 11) is 0. The number of allylic oxidation sites excluding steroid dienone is 2. The van der Waals surface area contributed by atoms with Gasteiger partial charge < -0.3 is 10.2 Å². The number of hydrogen-bond donors (Lipinski definition) is 2. The molecular weight excluding hydrogens is 196 g/mol. The van der Waals surface area contributed by atoms with E-state index in [-0.39, 0.29) is 11.7 Å². The molecule has 2 N–H and O–H groups in total. The maximum Gasteiger partial charge on any atom is 0.311 e. The highest BCUT2D eigenvalue weighted by Crippen LogP contribution is 2.36. The number of carbonyl (C=O) groups excluding carboxylic acids is 1. The lowest BCUT2D eigenvalue weighted by molar-refractivity contribution is -0.146. The molecule has 0 radical (unpaired) electrons. The van der Waals surface area contributed by atoms with Gasteiger partial charge in [0.15, 0.2) is 5.78 Å². The smallest absolute Gasteiger partial charge is 0.311 e.